The number of non-ortho nitro benzene ring substituents is 1. The van der Waals surface area contributed by atoms with E-state index in [9.17, 15) is 19.7 Å². The van der Waals surface area contributed by atoms with Gasteiger partial charge in [0.1, 0.15) is 5.75 Å². The molecule has 0 amide bonds. The molecular formula is C17H18N2O5. The van der Waals surface area contributed by atoms with Gasteiger partial charge in [-0.3, -0.25) is 19.7 Å². The van der Waals surface area contributed by atoms with Gasteiger partial charge in [0.2, 0.25) is 5.78 Å². The van der Waals surface area contributed by atoms with E-state index in [4.69, 9.17) is 4.74 Å². The molecule has 24 heavy (non-hydrogen) atoms. The van der Waals surface area contributed by atoms with E-state index in [0.29, 0.717) is 22.5 Å². The third-order valence-electron chi connectivity index (χ3n) is 3.75. The molecule has 0 saturated carbocycles. The highest BCUT2D eigenvalue weighted by atomic mass is 16.6. The van der Waals surface area contributed by atoms with Gasteiger partial charge in [-0.15, -0.1) is 0 Å². The van der Waals surface area contributed by atoms with E-state index >= 15 is 0 Å². The molecule has 0 spiro atoms. The van der Waals surface area contributed by atoms with Gasteiger partial charge in [0.15, 0.2) is 11.9 Å². The van der Waals surface area contributed by atoms with Crippen LogP contribution >= 0.6 is 0 Å². The molecule has 1 atom stereocenters. The highest BCUT2D eigenvalue weighted by Crippen LogP contribution is 2.23. The Bertz CT molecular complexity index is 822. The summed E-state index contributed by atoms with van der Waals surface area (Å²) in [5, 5.41) is 10.8. The van der Waals surface area contributed by atoms with Crippen LogP contribution in [-0.4, -0.2) is 27.6 Å². The minimum absolute atomic E-state index is 0.113. The second-order valence-electron chi connectivity index (χ2n) is 5.56. The van der Waals surface area contributed by atoms with Crippen molar-refractivity contribution < 1.29 is 19.2 Å². The van der Waals surface area contributed by atoms with Crippen LogP contribution in [0.4, 0.5) is 5.69 Å². The number of Topliss-reactive ketones (excluding diaryl/α,β-unsaturated/α-hetero) is 2. The van der Waals surface area contributed by atoms with Gasteiger partial charge in [0.05, 0.1) is 16.7 Å². The first-order valence-corrected chi connectivity index (χ1v) is 7.37. The number of hydrogen-bond donors (Lipinski definition) is 1. The number of ether oxygens (including phenoxy) is 1. The number of ketones is 2. The number of nitro groups is 1. The molecule has 1 N–H and O–H groups in total. The number of nitro benzene ring substituents is 1. The Hall–Kier alpha value is -2.96. The van der Waals surface area contributed by atoms with E-state index in [1.165, 1.54) is 25.1 Å². The Balaban J connectivity index is 2.25. The number of nitrogens with one attached hydrogen (secondary N) is 1. The standard InChI is InChI=1S/C17H18N2O5/c1-9-15(11(3)20)10(2)18-16(9)17(21)12(4)24-14-7-5-6-13(8-14)19(22)23/h5-8,12,18H,1-4H3/t12-/m1/s1. The molecule has 0 aliphatic heterocycles. The maximum Gasteiger partial charge on any atom is 0.273 e. The van der Waals surface area contributed by atoms with Gasteiger partial charge >= 0.3 is 0 Å². The minimum atomic E-state index is -0.858. The zero-order chi connectivity index (χ0) is 18.0. The predicted molar refractivity (Wildman–Crippen MR) is 87.8 cm³/mol. The molecule has 7 nitrogen and oxygen atoms in total. The predicted octanol–water partition coefficient (Wildman–Crippen LogP) is 3.39. The van der Waals surface area contributed by atoms with Crippen LogP contribution in [-0.2, 0) is 0 Å². The maximum atomic E-state index is 12.6. The SMILES string of the molecule is CC(=O)c1c(C)[nH]c(C(=O)[C@@H](C)Oc2cccc([N+](=O)[O-])c2)c1C. The van der Waals surface area contributed by atoms with E-state index < -0.39 is 11.0 Å². The van der Waals surface area contributed by atoms with Gasteiger partial charge in [0.25, 0.3) is 5.69 Å². The summed E-state index contributed by atoms with van der Waals surface area (Å²) < 4.78 is 5.53. The summed E-state index contributed by atoms with van der Waals surface area (Å²) in [6, 6.07) is 5.64. The summed E-state index contributed by atoms with van der Waals surface area (Å²) in [6.07, 6.45) is -0.858. The number of rotatable bonds is 6. The number of aromatic nitrogens is 1. The zero-order valence-electron chi connectivity index (χ0n) is 13.9. The fraction of sp³-hybridized carbons (Fsp3) is 0.294. The minimum Gasteiger partial charge on any atom is -0.482 e. The molecule has 1 aromatic heterocycles. The third kappa shape index (κ3) is 3.34. The van der Waals surface area contributed by atoms with Crippen LogP contribution in [0.15, 0.2) is 24.3 Å². The Morgan fingerprint density at radius 1 is 1.29 bits per heavy atom. The van der Waals surface area contributed by atoms with E-state index in [1.807, 2.05) is 0 Å². The van der Waals surface area contributed by atoms with Gasteiger partial charge in [-0.2, -0.15) is 0 Å². The van der Waals surface area contributed by atoms with Crippen LogP contribution in [0.5, 0.6) is 5.75 Å². The number of aryl methyl sites for hydroxylation is 1. The van der Waals surface area contributed by atoms with Gasteiger partial charge in [0, 0.05) is 17.3 Å². The highest BCUT2D eigenvalue weighted by Gasteiger charge is 2.25. The molecule has 1 aromatic carbocycles. The second-order valence-corrected chi connectivity index (χ2v) is 5.56. The summed E-state index contributed by atoms with van der Waals surface area (Å²) in [6.45, 7) is 6.44. The monoisotopic (exact) mass is 330 g/mol. The van der Waals surface area contributed by atoms with E-state index in [2.05, 4.69) is 4.98 Å². The largest absolute Gasteiger partial charge is 0.482 e. The molecule has 0 unspecified atom stereocenters. The Morgan fingerprint density at radius 2 is 1.96 bits per heavy atom. The first kappa shape index (κ1) is 17.4. The average molecular weight is 330 g/mol. The van der Waals surface area contributed by atoms with Crippen LogP contribution in [0.1, 0.15) is 46.0 Å². The molecule has 1 heterocycles. The van der Waals surface area contributed by atoms with Crippen LogP contribution < -0.4 is 4.74 Å². The Labute approximate surface area is 138 Å². The lowest BCUT2D eigenvalue weighted by molar-refractivity contribution is -0.384. The first-order chi connectivity index (χ1) is 11.2. The highest BCUT2D eigenvalue weighted by molar-refractivity contribution is 6.04. The number of aromatic amines is 1. The van der Waals surface area contributed by atoms with Crippen molar-refractivity contribution in [2.45, 2.75) is 33.8 Å². The summed E-state index contributed by atoms with van der Waals surface area (Å²) in [4.78, 5) is 37.4. The molecule has 2 aromatic rings. The molecule has 0 aliphatic carbocycles. The number of H-pyrrole nitrogens is 1. The van der Waals surface area contributed by atoms with Crippen LogP contribution in [0.25, 0.3) is 0 Å². The van der Waals surface area contributed by atoms with Crippen LogP contribution in [0.3, 0.4) is 0 Å². The molecule has 2 rings (SSSR count). The number of carbonyl (C=O) groups excluding carboxylic acids is 2. The average Bonchev–Trinajstić information content (AvgIpc) is 2.81. The fourth-order valence-corrected chi connectivity index (χ4v) is 2.66. The van der Waals surface area contributed by atoms with Gasteiger partial charge < -0.3 is 9.72 Å². The van der Waals surface area contributed by atoms with E-state index in [0.717, 1.165) is 0 Å². The van der Waals surface area contributed by atoms with Crippen molar-refractivity contribution in [3.05, 3.63) is 56.9 Å². The number of carbonyl (C=O) groups is 2. The second kappa shape index (κ2) is 6.66. The maximum absolute atomic E-state index is 12.6. The lowest BCUT2D eigenvalue weighted by Gasteiger charge is -2.13. The van der Waals surface area contributed by atoms with Crippen molar-refractivity contribution in [3.63, 3.8) is 0 Å². The van der Waals surface area contributed by atoms with Crippen molar-refractivity contribution in [3.8, 4) is 5.75 Å². The Morgan fingerprint density at radius 3 is 2.50 bits per heavy atom. The molecule has 126 valence electrons. The summed E-state index contributed by atoms with van der Waals surface area (Å²) in [7, 11) is 0. The quantitative estimate of drug-likeness (QED) is 0.497. The molecule has 7 heteroatoms. The van der Waals surface area contributed by atoms with Crippen molar-refractivity contribution in [2.24, 2.45) is 0 Å². The summed E-state index contributed by atoms with van der Waals surface area (Å²) >= 11 is 0. The lowest BCUT2D eigenvalue weighted by Crippen LogP contribution is -2.25. The molecule has 0 saturated heterocycles. The molecule has 0 radical (unpaired) electrons. The van der Waals surface area contributed by atoms with Gasteiger partial charge in [-0.1, -0.05) is 6.07 Å². The molecule has 0 fully saturated rings. The van der Waals surface area contributed by atoms with Gasteiger partial charge in [-0.05, 0) is 39.3 Å². The van der Waals surface area contributed by atoms with E-state index in [-0.39, 0.29) is 23.0 Å². The van der Waals surface area contributed by atoms with Crippen molar-refractivity contribution in [1.29, 1.82) is 0 Å². The smallest absolute Gasteiger partial charge is 0.273 e. The van der Waals surface area contributed by atoms with Crippen molar-refractivity contribution >= 4 is 17.3 Å². The Kier molecular flexibility index (Phi) is 4.82. The third-order valence-corrected chi connectivity index (χ3v) is 3.75. The van der Waals surface area contributed by atoms with E-state index in [1.54, 1.807) is 26.8 Å². The van der Waals surface area contributed by atoms with Gasteiger partial charge in [-0.25, -0.2) is 0 Å². The molecule has 0 bridgehead atoms. The number of nitrogens with zero attached hydrogens (tertiary/aromatic N) is 1. The molecule has 0 aliphatic rings. The van der Waals surface area contributed by atoms with Crippen LogP contribution in [0.2, 0.25) is 0 Å². The first-order valence-electron chi connectivity index (χ1n) is 7.37. The normalized spacial score (nSPS) is 11.8. The lowest BCUT2D eigenvalue weighted by atomic mass is 10.0. The summed E-state index contributed by atoms with van der Waals surface area (Å²) in [5.41, 5.74) is 1.92. The van der Waals surface area contributed by atoms with Crippen molar-refractivity contribution in [1.82, 2.24) is 4.98 Å². The zero-order valence-corrected chi connectivity index (χ0v) is 13.9. The fourth-order valence-electron chi connectivity index (χ4n) is 2.66. The van der Waals surface area contributed by atoms with Crippen LogP contribution in [0, 0.1) is 24.0 Å². The summed E-state index contributed by atoms with van der Waals surface area (Å²) in [5.74, 6) is -0.208. The van der Waals surface area contributed by atoms with Crippen molar-refractivity contribution in [2.75, 3.05) is 0 Å². The number of hydrogen-bond acceptors (Lipinski definition) is 5. The topological polar surface area (TPSA) is 102 Å². The molecular weight excluding hydrogens is 312 g/mol. The number of benzene rings is 1.